The highest BCUT2D eigenvalue weighted by molar-refractivity contribution is 7.92. The van der Waals surface area contributed by atoms with Crippen molar-refractivity contribution in [2.45, 2.75) is 82.1 Å². The van der Waals surface area contributed by atoms with Crippen LogP contribution in [0.25, 0.3) is 0 Å². The van der Waals surface area contributed by atoms with Crippen molar-refractivity contribution in [3.8, 4) is 0 Å². The standard InChI is InChI=1S/C33H35Cl3F3N3O4S/c1-3-30(32(44)40-22-8-5-4-6-9-22)41(19-25-27(34)10-7-11-28(25)35)31(43)20-42(47(45,46)24-15-12-21(2)13-16-24)23-14-17-29(36)26(18-23)33(37,38)39/h7,10-18,22,30H,3-6,8-9,19-20H2,1-2H3,(H,40,44)/t30-/m1/s1. The molecular weight excluding hydrogens is 698 g/mol. The fourth-order valence-corrected chi connectivity index (χ4v) is 7.72. The number of aryl methyl sites for hydroxylation is 1. The van der Waals surface area contributed by atoms with E-state index in [9.17, 15) is 31.2 Å². The molecule has 1 N–H and O–H groups in total. The zero-order valence-corrected chi connectivity index (χ0v) is 28.9. The number of carbonyl (C=O) groups excluding carboxylic acids is 2. The fraction of sp³-hybridized carbons (Fsp3) is 0.394. The minimum atomic E-state index is -4.91. The van der Waals surface area contributed by atoms with E-state index >= 15 is 0 Å². The van der Waals surface area contributed by atoms with Crippen LogP contribution in [0.3, 0.4) is 0 Å². The Balaban J connectivity index is 1.81. The second-order valence-electron chi connectivity index (χ2n) is 11.5. The van der Waals surface area contributed by atoms with Crippen LogP contribution in [0.15, 0.2) is 65.6 Å². The highest BCUT2D eigenvalue weighted by Gasteiger charge is 2.38. The van der Waals surface area contributed by atoms with Crippen molar-refractivity contribution in [3.05, 3.63) is 92.4 Å². The predicted molar refractivity (Wildman–Crippen MR) is 178 cm³/mol. The van der Waals surface area contributed by atoms with Crippen LogP contribution in [0, 0.1) is 6.92 Å². The maximum atomic E-state index is 14.3. The van der Waals surface area contributed by atoms with E-state index in [1.165, 1.54) is 29.2 Å². The highest BCUT2D eigenvalue weighted by Crippen LogP contribution is 2.38. The fourth-order valence-electron chi connectivity index (χ4n) is 5.57. The summed E-state index contributed by atoms with van der Waals surface area (Å²) in [5, 5.41) is 2.82. The number of nitrogens with zero attached hydrogens (tertiary/aromatic N) is 2. The first kappa shape index (κ1) is 36.8. The van der Waals surface area contributed by atoms with Gasteiger partial charge in [0.05, 0.1) is 21.2 Å². The molecule has 14 heteroatoms. The van der Waals surface area contributed by atoms with Gasteiger partial charge in [0, 0.05) is 28.2 Å². The summed E-state index contributed by atoms with van der Waals surface area (Å²) in [5.74, 6) is -1.29. The van der Waals surface area contributed by atoms with Gasteiger partial charge in [0.2, 0.25) is 11.8 Å². The van der Waals surface area contributed by atoms with E-state index in [4.69, 9.17) is 34.8 Å². The molecule has 1 saturated carbocycles. The monoisotopic (exact) mass is 731 g/mol. The van der Waals surface area contributed by atoms with E-state index in [1.807, 2.05) is 0 Å². The van der Waals surface area contributed by atoms with Gasteiger partial charge >= 0.3 is 6.18 Å². The van der Waals surface area contributed by atoms with Crippen LogP contribution in [0.5, 0.6) is 0 Å². The van der Waals surface area contributed by atoms with Crippen molar-refractivity contribution in [1.82, 2.24) is 10.2 Å². The highest BCUT2D eigenvalue weighted by atomic mass is 35.5. The zero-order chi connectivity index (χ0) is 34.5. The van der Waals surface area contributed by atoms with E-state index < -0.39 is 56.9 Å². The molecule has 0 bridgehead atoms. The van der Waals surface area contributed by atoms with Crippen molar-refractivity contribution in [2.24, 2.45) is 0 Å². The molecule has 0 aromatic heterocycles. The van der Waals surface area contributed by atoms with E-state index in [2.05, 4.69) is 5.32 Å². The zero-order valence-electron chi connectivity index (χ0n) is 25.8. The molecule has 1 fully saturated rings. The van der Waals surface area contributed by atoms with Gasteiger partial charge in [0.15, 0.2) is 0 Å². The van der Waals surface area contributed by atoms with Crippen LogP contribution in [-0.2, 0) is 32.3 Å². The van der Waals surface area contributed by atoms with Crippen LogP contribution in [0.4, 0.5) is 18.9 Å². The molecule has 1 aliphatic rings. The van der Waals surface area contributed by atoms with Crippen LogP contribution in [-0.4, -0.2) is 43.8 Å². The number of benzene rings is 3. The van der Waals surface area contributed by atoms with E-state index in [0.717, 1.165) is 49.8 Å². The topological polar surface area (TPSA) is 86.8 Å². The van der Waals surface area contributed by atoms with Crippen molar-refractivity contribution >= 4 is 62.3 Å². The molecule has 0 spiro atoms. The van der Waals surface area contributed by atoms with Crippen molar-refractivity contribution < 1.29 is 31.2 Å². The summed E-state index contributed by atoms with van der Waals surface area (Å²) in [5.41, 5.74) is -0.640. The second-order valence-corrected chi connectivity index (χ2v) is 14.6. The molecule has 0 heterocycles. The Labute approximate surface area is 288 Å². The van der Waals surface area contributed by atoms with Gasteiger partial charge in [0.25, 0.3) is 10.0 Å². The third kappa shape index (κ3) is 8.93. The van der Waals surface area contributed by atoms with Crippen molar-refractivity contribution in [2.75, 3.05) is 10.8 Å². The van der Waals surface area contributed by atoms with Crippen LogP contribution >= 0.6 is 34.8 Å². The number of hydrogen-bond donors (Lipinski definition) is 1. The van der Waals surface area contributed by atoms with Gasteiger partial charge in [-0.15, -0.1) is 0 Å². The summed E-state index contributed by atoms with van der Waals surface area (Å²) in [4.78, 5) is 29.0. The second kappa shape index (κ2) is 15.5. The molecule has 254 valence electrons. The summed E-state index contributed by atoms with van der Waals surface area (Å²) < 4.78 is 70.4. The Hall–Kier alpha value is -2.99. The van der Waals surface area contributed by atoms with Gasteiger partial charge in [-0.1, -0.05) is 84.8 Å². The lowest BCUT2D eigenvalue weighted by Crippen LogP contribution is -2.54. The number of carbonyl (C=O) groups is 2. The average molecular weight is 733 g/mol. The molecule has 0 radical (unpaired) electrons. The quantitative estimate of drug-likeness (QED) is 0.215. The molecular formula is C33H35Cl3F3N3O4S. The van der Waals surface area contributed by atoms with Gasteiger partial charge in [0.1, 0.15) is 12.6 Å². The third-order valence-corrected chi connectivity index (χ3v) is 11.0. The molecule has 0 saturated heterocycles. The lowest BCUT2D eigenvalue weighted by molar-refractivity contribution is -0.140. The molecule has 47 heavy (non-hydrogen) atoms. The Morgan fingerprint density at radius 2 is 1.55 bits per heavy atom. The average Bonchev–Trinajstić information content (AvgIpc) is 3.01. The first-order valence-corrected chi connectivity index (χ1v) is 17.7. The summed E-state index contributed by atoms with van der Waals surface area (Å²) >= 11 is 18.8. The predicted octanol–water partition coefficient (Wildman–Crippen LogP) is 8.43. The summed E-state index contributed by atoms with van der Waals surface area (Å²) in [7, 11) is -4.62. The molecule has 1 atom stereocenters. The molecule has 3 aromatic carbocycles. The number of hydrogen-bond acceptors (Lipinski definition) is 4. The number of halogens is 6. The Morgan fingerprint density at radius 1 is 0.936 bits per heavy atom. The van der Waals surface area contributed by atoms with Crippen LogP contribution in [0.1, 0.15) is 62.1 Å². The molecule has 0 aliphatic heterocycles. The summed E-state index contributed by atoms with van der Waals surface area (Å²) in [6.07, 6.45) is -0.228. The van der Waals surface area contributed by atoms with E-state index in [0.29, 0.717) is 15.9 Å². The lowest BCUT2D eigenvalue weighted by atomic mass is 9.95. The number of alkyl halides is 3. The van der Waals surface area contributed by atoms with Gasteiger partial charge in [-0.2, -0.15) is 13.2 Å². The molecule has 7 nitrogen and oxygen atoms in total. The van der Waals surface area contributed by atoms with Crippen LogP contribution in [0.2, 0.25) is 15.1 Å². The van der Waals surface area contributed by atoms with Gasteiger partial charge < -0.3 is 10.2 Å². The molecule has 4 rings (SSSR count). The van der Waals surface area contributed by atoms with Crippen molar-refractivity contribution in [1.29, 1.82) is 0 Å². The molecule has 0 unspecified atom stereocenters. The molecule has 3 aromatic rings. The third-order valence-electron chi connectivity index (χ3n) is 8.16. The number of rotatable bonds is 11. The van der Waals surface area contributed by atoms with Gasteiger partial charge in [-0.3, -0.25) is 13.9 Å². The van der Waals surface area contributed by atoms with Crippen LogP contribution < -0.4 is 9.62 Å². The maximum Gasteiger partial charge on any atom is 0.417 e. The van der Waals surface area contributed by atoms with E-state index in [-0.39, 0.29) is 33.9 Å². The normalized spacial score (nSPS) is 14.8. The Bertz CT molecular complexity index is 1680. The number of anilines is 1. The largest absolute Gasteiger partial charge is 0.417 e. The van der Waals surface area contributed by atoms with E-state index in [1.54, 1.807) is 32.0 Å². The smallest absolute Gasteiger partial charge is 0.352 e. The first-order chi connectivity index (χ1) is 22.1. The minimum absolute atomic E-state index is 0.0839. The SMILES string of the molecule is CC[C@H](C(=O)NC1CCCCC1)N(Cc1c(Cl)cccc1Cl)C(=O)CN(c1ccc(Cl)c(C(F)(F)F)c1)S(=O)(=O)c1ccc(C)cc1. The summed E-state index contributed by atoms with van der Waals surface area (Å²) in [6, 6.07) is 11.9. The van der Waals surface area contributed by atoms with Gasteiger partial charge in [-0.05, 0) is 68.7 Å². The van der Waals surface area contributed by atoms with Gasteiger partial charge in [-0.25, -0.2) is 8.42 Å². The summed E-state index contributed by atoms with van der Waals surface area (Å²) in [6.45, 7) is 2.24. The Morgan fingerprint density at radius 3 is 2.13 bits per heavy atom. The molecule has 2 amide bonds. The first-order valence-electron chi connectivity index (χ1n) is 15.1. The number of nitrogens with one attached hydrogen (secondary N) is 1. The number of amides is 2. The Kier molecular flexibility index (Phi) is 12.1. The minimum Gasteiger partial charge on any atom is -0.352 e. The molecule has 1 aliphatic carbocycles. The van der Waals surface area contributed by atoms with Crippen molar-refractivity contribution in [3.63, 3.8) is 0 Å². The number of sulfonamides is 1. The lowest BCUT2D eigenvalue weighted by Gasteiger charge is -2.35. The maximum absolute atomic E-state index is 14.3.